The van der Waals surface area contributed by atoms with Gasteiger partial charge >= 0.3 is 0 Å². The van der Waals surface area contributed by atoms with Gasteiger partial charge in [0.25, 0.3) is 0 Å². The summed E-state index contributed by atoms with van der Waals surface area (Å²) in [5.41, 5.74) is 1.90. The van der Waals surface area contributed by atoms with Crippen LogP contribution in [0.3, 0.4) is 0 Å². The van der Waals surface area contributed by atoms with E-state index in [-0.39, 0.29) is 0 Å². The van der Waals surface area contributed by atoms with E-state index in [2.05, 4.69) is 22.9 Å². The fourth-order valence-electron chi connectivity index (χ4n) is 1.59. The SMILES string of the molecule is CCc1ccc(Oc2ccc(C=O)cc2Br)cc1. The zero-order valence-corrected chi connectivity index (χ0v) is 11.6. The van der Waals surface area contributed by atoms with Crippen LogP contribution in [0.5, 0.6) is 11.5 Å². The van der Waals surface area contributed by atoms with E-state index in [0.29, 0.717) is 11.3 Å². The Morgan fingerprint density at radius 1 is 1.17 bits per heavy atom. The zero-order valence-electron chi connectivity index (χ0n) is 10.0. The number of halogens is 1. The number of rotatable bonds is 4. The lowest BCUT2D eigenvalue weighted by Crippen LogP contribution is -1.88. The van der Waals surface area contributed by atoms with Gasteiger partial charge in [-0.3, -0.25) is 4.79 Å². The third kappa shape index (κ3) is 2.99. The van der Waals surface area contributed by atoms with E-state index in [1.807, 2.05) is 24.3 Å². The van der Waals surface area contributed by atoms with Crippen molar-refractivity contribution in [3.63, 3.8) is 0 Å². The van der Waals surface area contributed by atoms with Crippen LogP contribution in [0.2, 0.25) is 0 Å². The number of benzene rings is 2. The van der Waals surface area contributed by atoms with E-state index in [4.69, 9.17) is 4.74 Å². The van der Waals surface area contributed by atoms with Crippen LogP contribution >= 0.6 is 15.9 Å². The molecule has 0 saturated carbocycles. The van der Waals surface area contributed by atoms with Gasteiger partial charge in [-0.1, -0.05) is 19.1 Å². The van der Waals surface area contributed by atoms with Crippen LogP contribution in [-0.2, 0) is 6.42 Å². The lowest BCUT2D eigenvalue weighted by Gasteiger charge is -2.08. The Morgan fingerprint density at radius 2 is 1.89 bits per heavy atom. The summed E-state index contributed by atoms with van der Waals surface area (Å²) >= 11 is 3.39. The average molecular weight is 305 g/mol. The maximum Gasteiger partial charge on any atom is 0.150 e. The van der Waals surface area contributed by atoms with E-state index in [1.54, 1.807) is 18.2 Å². The predicted octanol–water partition coefficient (Wildman–Crippen LogP) is 4.62. The highest BCUT2D eigenvalue weighted by atomic mass is 79.9. The van der Waals surface area contributed by atoms with Gasteiger partial charge in [-0.2, -0.15) is 0 Å². The fourth-order valence-corrected chi connectivity index (χ4v) is 2.07. The summed E-state index contributed by atoms with van der Waals surface area (Å²) in [7, 11) is 0. The number of aryl methyl sites for hydroxylation is 1. The molecule has 2 aromatic carbocycles. The van der Waals surface area contributed by atoms with Crippen molar-refractivity contribution < 1.29 is 9.53 Å². The van der Waals surface area contributed by atoms with Gasteiger partial charge in [-0.05, 0) is 58.2 Å². The first kappa shape index (κ1) is 12.8. The van der Waals surface area contributed by atoms with Crippen LogP contribution < -0.4 is 4.74 Å². The normalized spacial score (nSPS) is 10.1. The third-order valence-electron chi connectivity index (χ3n) is 2.65. The number of carbonyl (C=O) groups is 1. The Kier molecular flexibility index (Phi) is 4.15. The summed E-state index contributed by atoms with van der Waals surface area (Å²) in [5, 5.41) is 0. The Hall–Kier alpha value is -1.61. The van der Waals surface area contributed by atoms with Crippen molar-refractivity contribution in [1.29, 1.82) is 0 Å². The highest BCUT2D eigenvalue weighted by molar-refractivity contribution is 9.10. The van der Waals surface area contributed by atoms with E-state index in [0.717, 1.165) is 22.9 Å². The molecule has 0 aromatic heterocycles. The number of carbonyl (C=O) groups excluding carboxylic acids is 1. The molecule has 0 radical (unpaired) electrons. The maximum absolute atomic E-state index is 10.6. The molecule has 0 amide bonds. The number of hydrogen-bond acceptors (Lipinski definition) is 2. The molecule has 0 bridgehead atoms. The highest BCUT2D eigenvalue weighted by Crippen LogP contribution is 2.30. The van der Waals surface area contributed by atoms with Gasteiger partial charge in [0.2, 0.25) is 0 Å². The van der Waals surface area contributed by atoms with Gasteiger partial charge in [0, 0.05) is 5.56 Å². The molecule has 0 saturated heterocycles. The number of ether oxygens (including phenoxy) is 1. The summed E-state index contributed by atoms with van der Waals surface area (Å²) in [6.07, 6.45) is 1.82. The molecule has 0 spiro atoms. The molecule has 0 fully saturated rings. The first-order valence-electron chi connectivity index (χ1n) is 5.74. The van der Waals surface area contributed by atoms with Crippen LogP contribution in [-0.4, -0.2) is 6.29 Å². The molecule has 0 aliphatic carbocycles. The summed E-state index contributed by atoms with van der Waals surface area (Å²) in [5.74, 6) is 1.48. The summed E-state index contributed by atoms with van der Waals surface area (Å²) in [6.45, 7) is 2.12. The molecule has 2 rings (SSSR count). The monoisotopic (exact) mass is 304 g/mol. The molecule has 0 heterocycles. The van der Waals surface area contributed by atoms with Crippen molar-refractivity contribution in [1.82, 2.24) is 0 Å². The molecule has 3 heteroatoms. The average Bonchev–Trinajstić information content (AvgIpc) is 2.42. The van der Waals surface area contributed by atoms with E-state index < -0.39 is 0 Å². The van der Waals surface area contributed by atoms with Crippen molar-refractivity contribution in [2.45, 2.75) is 13.3 Å². The maximum atomic E-state index is 10.6. The molecular formula is C15H13BrO2. The molecule has 0 N–H and O–H groups in total. The molecule has 92 valence electrons. The molecule has 18 heavy (non-hydrogen) atoms. The molecule has 0 unspecified atom stereocenters. The van der Waals surface area contributed by atoms with Gasteiger partial charge in [0.1, 0.15) is 17.8 Å². The van der Waals surface area contributed by atoms with Crippen molar-refractivity contribution in [3.05, 3.63) is 58.1 Å². The van der Waals surface area contributed by atoms with Crippen LogP contribution in [0.1, 0.15) is 22.8 Å². The fraction of sp³-hybridized carbons (Fsp3) is 0.133. The topological polar surface area (TPSA) is 26.3 Å². The Balaban J connectivity index is 2.19. The van der Waals surface area contributed by atoms with Crippen LogP contribution in [0.25, 0.3) is 0 Å². The lowest BCUT2D eigenvalue weighted by atomic mass is 10.2. The quantitative estimate of drug-likeness (QED) is 0.771. The van der Waals surface area contributed by atoms with Crippen molar-refractivity contribution in [2.75, 3.05) is 0 Å². The Morgan fingerprint density at radius 3 is 2.44 bits per heavy atom. The standard InChI is InChI=1S/C15H13BrO2/c1-2-11-3-6-13(7-4-11)18-15-8-5-12(10-17)9-14(15)16/h3-10H,2H2,1H3. The number of hydrogen-bond donors (Lipinski definition) is 0. The second-order valence-electron chi connectivity index (χ2n) is 3.91. The van der Waals surface area contributed by atoms with E-state index in [1.165, 1.54) is 5.56 Å². The highest BCUT2D eigenvalue weighted by Gasteiger charge is 2.04. The number of aldehydes is 1. The van der Waals surface area contributed by atoms with Gasteiger partial charge in [-0.25, -0.2) is 0 Å². The predicted molar refractivity (Wildman–Crippen MR) is 75.4 cm³/mol. The van der Waals surface area contributed by atoms with E-state index in [9.17, 15) is 4.79 Å². The second kappa shape index (κ2) is 5.83. The van der Waals surface area contributed by atoms with E-state index >= 15 is 0 Å². The Bertz CT molecular complexity index is 547. The lowest BCUT2D eigenvalue weighted by molar-refractivity contribution is 0.112. The van der Waals surface area contributed by atoms with Crippen molar-refractivity contribution in [2.24, 2.45) is 0 Å². The second-order valence-corrected chi connectivity index (χ2v) is 4.76. The minimum Gasteiger partial charge on any atom is -0.456 e. The van der Waals surface area contributed by atoms with Gasteiger partial charge < -0.3 is 4.74 Å². The zero-order chi connectivity index (χ0) is 13.0. The summed E-state index contributed by atoms with van der Waals surface area (Å²) < 4.78 is 6.52. The van der Waals surface area contributed by atoms with Crippen LogP contribution in [0.15, 0.2) is 46.9 Å². The minimum absolute atomic E-state index is 0.621. The molecular weight excluding hydrogens is 292 g/mol. The van der Waals surface area contributed by atoms with Crippen molar-refractivity contribution >= 4 is 22.2 Å². The molecule has 0 aliphatic heterocycles. The van der Waals surface area contributed by atoms with Crippen LogP contribution in [0, 0.1) is 0 Å². The third-order valence-corrected chi connectivity index (χ3v) is 3.27. The Labute approximate surface area is 115 Å². The van der Waals surface area contributed by atoms with Crippen LogP contribution in [0.4, 0.5) is 0 Å². The minimum atomic E-state index is 0.621. The van der Waals surface area contributed by atoms with Crippen molar-refractivity contribution in [3.8, 4) is 11.5 Å². The van der Waals surface area contributed by atoms with Gasteiger partial charge in [0.05, 0.1) is 4.47 Å². The molecule has 0 atom stereocenters. The largest absolute Gasteiger partial charge is 0.456 e. The summed E-state index contributed by atoms with van der Waals surface area (Å²) in [4.78, 5) is 10.6. The molecule has 2 aromatic rings. The smallest absolute Gasteiger partial charge is 0.150 e. The van der Waals surface area contributed by atoms with Gasteiger partial charge in [-0.15, -0.1) is 0 Å². The van der Waals surface area contributed by atoms with Gasteiger partial charge in [0.15, 0.2) is 0 Å². The molecule has 0 aliphatic rings. The first-order chi connectivity index (χ1) is 8.72. The molecule has 2 nitrogen and oxygen atoms in total. The first-order valence-corrected chi connectivity index (χ1v) is 6.53. The summed E-state index contributed by atoms with van der Waals surface area (Å²) in [6, 6.07) is 13.2.